The van der Waals surface area contributed by atoms with Gasteiger partial charge in [-0.25, -0.2) is 18.1 Å². The number of piperidine rings is 1. The molecule has 0 bridgehead atoms. The van der Waals surface area contributed by atoms with Gasteiger partial charge in [-0.3, -0.25) is 0 Å². The number of hydrogen-bond donors (Lipinski definition) is 1. The zero-order valence-electron chi connectivity index (χ0n) is 11.5. The van der Waals surface area contributed by atoms with Gasteiger partial charge in [0.2, 0.25) is 0 Å². The van der Waals surface area contributed by atoms with E-state index in [-0.39, 0.29) is 14.6 Å². The first kappa shape index (κ1) is 16.2. The highest BCUT2D eigenvalue weighted by Gasteiger charge is 2.19. The Balaban J connectivity index is 1.81. The van der Waals surface area contributed by atoms with E-state index >= 15 is 0 Å². The van der Waals surface area contributed by atoms with Crippen molar-refractivity contribution >= 4 is 33.0 Å². The maximum atomic E-state index is 12.0. The quantitative estimate of drug-likeness (QED) is 0.864. The maximum Gasteiger partial charge on any atom is 0.251 e. The predicted molar refractivity (Wildman–Crippen MR) is 81.8 cm³/mol. The summed E-state index contributed by atoms with van der Waals surface area (Å²) in [5, 5.41) is 0. The molecular weight excluding hydrogens is 318 g/mol. The number of rotatable bonds is 6. The smallest absolute Gasteiger partial charge is 0.251 e. The molecule has 1 saturated heterocycles. The van der Waals surface area contributed by atoms with Gasteiger partial charge in [-0.05, 0) is 31.8 Å². The zero-order chi connectivity index (χ0) is 14.6. The van der Waals surface area contributed by atoms with Gasteiger partial charge in [0.05, 0.1) is 6.20 Å². The molecule has 0 aromatic carbocycles. The number of nitrogens with one attached hydrogen (secondary N) is 1. The van der Waals surface area contributed by atoms with Gasteiger partial charge >= 0.3 is 0 Å². The van der Waals surface area contributed by atoms with Crippen molar-refractivity contribution in [3.8, 4) is 0 Å². The van der Waals surface area contributed by atoms with Crippen LogP contribution in [0.25, 0.3) is 0 Å². The normalized spacial score (nSPS) is 19.1. The molecule has 8 heteroatoms. The van der Waals surface area contributed by atoms with Gasteiger partial charge < -0.3 is 4.90 Å². The Morgan fingerprint density at radius 1 is 1.45 bits per heavy atom. The van der Waals surface area contributed by atoms with E-state index < -0.39 is 10.0 Å². The van der Waals surface area contributed by atoms with Crippen LogP contribution < -0.4 is 4.72 Å². The molecule has 1 aliphatic rings. The van der Waals surface area contributed by atoms with Crippen LogP contribution in [0.15, 0.2) is 10.4 Å². The zero-order valence-corrected chi connectivity index (χ0v) is 13.9. The van der Waals surface area contributed by atoms with Crippen molar-refractivity contribution in [2.75, 3.05) is 26.2 Å². The molecule has 0 saturated carbocycles. The summed E-state index contributed by atoms with van der Waals surface area (Å²) in [5.74, 6) is 0.284. The Hall–Kier alpha value is -0.210. The van der Waals surface area contributed by atoms with Crippen molar-refractivity contribution in [3.05, 3.63) is 10.7 Å². The van der Waals surface area contributed by atoms with E-state index in [9.17, 15) is 8.42 Å². The molecule has 1 unspecified atom stereocenters. The van der Waals surface area contributed by atoms with Crippen molar-refractivity contribution in [1.29, 1.82) is 0 Å². The van der Waals surface area contributed by atoms with E-state index in [0.717, 1.165) is 31.0 Å². The number of aromatic nitrogens is 1. The third kappa shape index (κ3) is 4.66. The standard InChI is InChI=1S/C12H20ClN3O2S2/c1-10(9-16-5-3-2-4-6-16)7-15-20(17,18)11-8-14-12(13)19-11/h8,10,15H,2-7,9H2,1H3. The van der Waals surface area contributed by atoms with Gasteiger partial charge in [0, 0.05) is 13.1 Å². The van der Waals surface area contributed by atoms with Crippen LogP contribution in [0, 0.1) is 5.92 Å². The van der Waals surface area contributed by atoms with Crippen LogP contribution in [0.3, 0.4) is 0 Å². The van der Waals surface area contributed by atoms with Crippen LogP contribution in [-0.2, 0) is 10.0 Å². The summed E-state index contributed by atoms with van der Waals surface area (Å²) >= 11 is 6.64. The Kier molecular flexibility index (Phi) is 5.80. The fourth-order valence-electron chi connectivity index (χ4n) is 2.33. The summed E-state index contributed by atoms with van der Waals surface area (Å²) in [7, 11) is -3.47. The summed E-state index contributed by atoms with van der Waals surface area (Å²) in [6.45, 7) is 5.69. The highest BCUT2D eigenvalue weighted by molar-refractivity contribution is 7.91. The molecule has 0 radical (unpaired) electrons. The highest BCUT2D eigenvalue weighted by Crippen LogP contribution is 2.22. The first-order valence-electron chi connectivity index (χ1n) is 6.81. The SMILES string of the molecule is CC(CNS(=O)(=O)c1cnc(Cl)s1)CN1CCCCC1. The first-order valence-corrected chi connectivity index (χ1v) is 9.48. The molecule has 1 atom stereocenters. The van der Waals surface area contributed by atoms with Crippen LogP contribution in [0.5, 0.6) is 0 Å². The van der Waals surface area contributed by atoms with E-state index in [0.29, 0.717) is 6.54 Å². The second-order valence-corrected chi connectivity index (χ2v) is 8.86. The fourth-order valence-corrected chi connectivity index (χ4v) is 4.84. The molecule has 1 aromatic rings. The van der Waals surface area contributed by atoms with Crippen LogP contribution in [0.1, 0.15) is 26.2 Å². The highest BCUT2D eigenvalue weighted by atomic mass is 35.5. The van der Waals surface area contributed by atoms with Gasteiger partial charge in [-0.15, -0.1) is 0 Å². The Labute approximate surface area is 129 Å². The summed E-state index contributed by atoms with van der Waals surface area (Å²) in [4.78, 5) is 6.17. The Morgan fingerprint density at radius 2 is 2.15 bits per heavy atom. The van der Waals surface area contributed by atoms with Crippen LogP contribution >= 0.6 is 22.9 Å². The molecule has 20 heavy (non-hydrogen) atoms. The van der Waals surface area contributed by atoms with Crippen LogP contribution in [0.2, 0.25) is 4.47 Å². The van der Waals surface area contributed by atoms with Crippen LogP contribution in [0.4, 0.5) is 0 Å². The lowest BCUT2D eigenvalue weighted by molar-refractivity contribution is 0.201. The van der Waals surface area contributed by atoms with E-state index in [1.807, 2.05) is 0 Å². The molecule has 0 aliphatic carbocycles. The molecule has 5 nitrogen and oxygen atoms in total. The Morgan fingerprint density at radius 3 is 2.75 bits per heavy atom. The second kappa shape index (κ2) is 7.17. The number of sulfonamides is 1. The average molecular weight is 338 g/mol. The largest absolute Gasteiger partial charge is 0.303 e. The third-order valence-electron chi connectivity index (χ3n) is 3.36. The number of halogens is 1. The molecule has 1 N–H and O–H groups in total. The van der Waals surface area contributed by atoms with Gasteiger partial charge in [0.15, 0.2) is 8.68 Å². The number of likely N-dealkylation sites (tertiary alicyclic amines) is 1. The van der Waals surface area contributed by atoms with Gasteiger partial charge in [0.1, 0.15) is 0 Å². The Bertz CT molecular complexity index is 527. The molecule has 1 fully saturated rings. The molecular formula is C12H20ClN3O2S2. The molecule has 0 amide bonds. The minimum absolute atomic E-state index is 0.174. The van der Waals surface area contributed by atoms with Gasteiger partial charge in [0.25, 0.3) is 10.0 Å². The molecule has 2 heterocycles. The van der Waals surface area contributed by atoms with E-state index in [4.69, 9.17) is 11.6 Å². The van der Waals surface area contributed by atoms with Gasteiger partial charge in [-0.1, -0.05) is 36.3 Å². The lowest BCUT2D eigenvalue weighted by atomic mass is 10.1. The summed E-state index contributed by atoms with van der Waals surface area (Å²) < 4.78 is 27.1. The second-order valence-electron chi connectivity index (χ2n) is 5.25. The molecule has 1 aliphatic heterocycles. The van der Waals surface area contributed by atoms with E-state index in [2.05, 4.69) is 21.5 Å². The van der Waals surface area contributed by atoms with Crippen molar-refractivity contribution in [3.63, 3.8) is 0 Å². The van der Waals surface area contributed by atoms with Crippen molar-refractivity contribution < 1.29 is 8.42 Å². The molecule has 1 aromatic heterocycles. The van der Waals surface area contributed by atoms with E-state index in [1.54, 1.807) is 0 Å². The maximum absolute atomic E-state index is 12.0. The predicted octanol–water partition coefficient (Wildman–Crippen LogP) is 2.20. The number of thiazole rings is 1. The van der Waals surface area contributed by atoms with E-state index in [1.165, 1.54) is 25.5 Å². The minimum atomic E-state index is -3.47. The fraction of sp³-hybridized carbons (Fsp3) is 0.750. The molecule has 0 spiro atoms. The number of nitrogens with zero attached hydrogens (tertiary/aromatic N) is 2. The average Bonchev–Trinajstić information content (AvgIpc) is 2.85. The van der Waals surface area contributed by atoms with Crippen LogP contribution in [-0.4, -0.2) is 44.5 Å². The number of hydrogen-bond acceptors (Lipinski definition) is 5. The minimum Gasteiger partial charge on any atom is -0.303 e. The lowest BCUT2D eigenvalue weighted by Crippen LogP contribution is -2.37. The molecule has 2 rings (SSSR count). The summed E-state index contributed by atoms with van der Waals surface area (Å²) in [6, 6.07) is 0. The summed E-state index contributed by atoms with van der Waals surface area (Å²) in [5.41, 5.74) is 0. The van der Waals surface area contributed by atoms with Gasteiger partial charge in [-0.2, -0.15) is 0 Å². The molecule has 114 valence electrons. The first-order chi connectivity index (χ1) is 9.47. The van der Waals surface area contributed by atoms with Crippen molar-refractivity contribution in [2.24, 2.45) is 5.92 Å². The lowest BCUT2D eigenvalue weighted by Gasteiger charge is -2.29. The summed E-state index contributed by atoms with van der Waals surface area (Å²) in [6.07, 6.45) is 5.10. The third-order valence-corrected chi connectivity index (χ3v) is 6.36. The van der Waals surface area contributed by atoms with Crippen molar-refractivity contribution in [2.45, 2.75) is 30.4 Å². The topological polar surface area (TPSA) is 62.3 Å². The van der Waals surface area contributed by atoms with Crippen molar-refractivity contribution in [1.82, 2.24) is 14.6 Å². The monoisotopic (exact) mass is 337 g/mol.